The van der Waals surface area contributed by atoms with Crippen molar-refractivity contribution in [3.05, 3.63) is 24.3 Å². The molecular formula is C54H106NO7P. The molecule has 0 saturated heterocycles. The van der Waals surface area contributed by atoms with Crippen LogP contribution in [0.2, 0.25) is 0 Å². The molecule has 0 saturated carbocycles. The molecule has 0 aliphatic carbocycles. The van der Waals surface area contributed by atoms with Crippen molar-refractivity contribution in [2.24, 2.45) is 0 Å². The summed E-state index contributed by atoms with van der Waals surface area (Å²) in [6.07, 6.45) is 56.3. The predicted molar refractivity (Wildman–Crippen MR) is 268 cm³/mol. The molecule has 0 amide bonds. The van der Waals surface area contributed by atoms with Crippen molar-refractivity contribution in [1.29, 1.82) is 0 Å². The van der Waals surface area contributed by atoms with Crippen molar-refractivity contribution in [2.45, 2.75) is 264 Å². The highest BCUT2D eigenvalue weighted by molar-refractivity contribution is 7.45. The Kier molecular flexibility index (Phi) is 46.7. The second-order valence-electron chi connectivity index (χ2n) is 19.6. The predicted octanol–water partition coefficient (Wildman–Crippen LogP) is 16.1. The molecule has 0 aliphatic rings. The lowest BCUT2D eigenvalue weighted by Gasteiger charge is -2.28. The van der Waals surface area contributed by atoms with E-state index in [9.17, 15) is 14.3 Å². The molecule has 8 nitrogen and oxygen atoms in total. The topological polar surface area (TPSA) is 94.1 Å². The number of esters is 1. The monoisotopic (exact) mass is 912 g/mol. The summed E-state index contributed by atoms with van der Waals surface area (Å²) >= 11 is 0. The van der Waals surface area contributed by atoms with E-state index in [0.717, 1.165) is 32.1 Å². The quantitative estimate of drug-likeness (QED) is 0.0197. The third-order valence-corrected chi connectivity index (χ3v) is 12.9. The zero-order valence-electron chi connectivity index (χ0n) is 42.5. The van der Waals surface area contributed by atoms with Gasteiger partial charge < -0.3 is 27.9 Å². The number of quaternary nitrogens is 1. The van der Waals surface area contributed by atoms with Crippen molar-refractivity contribution < 1.29 is 37.3 Å². The summed E-state index contributed by atoms with van der Waals surface area (Å²) in [5.74, 6) is -0.332. The van der Waals surface area contributed by atoms with Gasteiger partial charge in [0.1, 0.15) is 19.3 Å². The Balaban J connectivity index is 4.10. The first-order valence-corrected chi connectivity index (χ1v) is 28.5. The zero-order chi connectivity index (χ0) is 46.2. The van der Waals surface area contributed by atoms with Crippen LogP contribution < -0.4 is 4.89 Å². The number of likely N-dealkylation sites (N-methyl/N-ethyl adjacent to an activating group) is 1. The lowest BCUT2D eigenvalue weighted by atomic mass is 10.1. The minimum atomic E-state index is -4.53. The molecule has 9 heteroatoms. The lowest BCUT2D eigenvalue weighted by molar-refractivity contribution is -0.870. The summed E-state index contributed by atoms with van der Waals surface area (Å²) in [6.45, 7) is 5.45. The van der Waals surface area contributed by atoms with E-state index in [1.165, 1.54) is 205 Å². The Hall–Kier alpha value is -1.02. The zero-order valence-corrected chi connectivity index (χ0v) is 43.4. The molecule has 2 atom stereocenters. The van der Waals surface area contributed by atoms with Gasteiger partial charge >= 0.3 is 5.97 Å². The molecule has 0 spiro atoms. The van der Waals surface area contributed by atoms with E-state index in [4.69, 9.17) is 18.5 Å². The first kappa shape index (κ1) is 62.0. The fraction of sp³-hybridized carbons (Fsp3) is 0.907. The van der Waals surface area contributed by atoms with Crippen LogP contribution in [0.5, 0.6) is 0 Å². The molecular weight excluding hydrogens is 806 g/mol. The highest BCUT2D eigenvalue weighted by atomic mass is 31.2. The van der Waals surface area contributed by atoms with Crippen LogP contribution in [0.1, 0.15) is 258 Å². The fourth-order valence-corrected chi connectivity index (χ4v) is 8.50. The van der Waals surface area contributed by atoms with Crippen LogP contribution in [-0.2, 0) is 27.9 Å². The molecule has 0 rings (SSSR count). The normalized spacial score (nSPS) is 13.7. The number of hydrogen-bond acceptors (Lipinski definition) is 7. The average Bonchev–Trinajstić information content (AvgIpc) is 3.24. The summed E-state index contributed by atoms with van der Waals surface area (Å²) in [6, 6.07) is 0. The van der Waals surface area contributed by atoms with Gasteiger partial charge in [-0.05, 0) is 64.2 Å². The SMILES string of the molecule is CCCCCCCC/C=C\CCCCCCCCCCCCOCC(COP(=O)([O-])OCC[N+](C)(C)C)OC(=O)CCCCCCCCCCC/C=C\CCCCCCCCCC. The maximum absolute atomic E-state index is 12.8. The van der Waals surface area contributed by atoms with Crippen molar-refractivity contribution in [3.8, 4) is 0 Å². The van der Waals surface area contributed by atoms with Gasteiger partial charge in [0.15, 0.2) is 0 Å². The van der Waals surface area contributed by atoms with Gasteiger partial charge in [-0.15, -0.1) is 0 Å². The average molecular weight is 912 g/mol. The molecule has 0 aliphatic heterocycles. The number of allylic oxidation sites excluding steroid dienone is 4. The van der Waals surface area contributed by atoms with Crippen molar-refractivity contribution in [2.75, 3.05) is 54.1 Å². The highest BCUT2D eigenvalue weighted by Crippen LogP contribution is 2.38. The Bertz CT molecular complexity index is 1060. The van der Waals surface area contributed by atoms with Crippen molar-refractivity contribution in [3.63, 3.8) is 0 Å². The van der Waals surface area contributed by atoms with E-state index in [0.29, 0.717) is 24.1 Å². The fourth-order valence-electron chi connectivity index (χ4n) is 7.77. The van der Waals surface area contributed by atoms with Crippen LogP contribution >= 0.6 is 7.82 Å². The van der Waals surface area contributed by atoms with Gasteiger partial charge in [0, 0.05) is 13.0 Å². The molecule has 0 N–H and O–H groups in total. The van der Waals surface area contributed by atoms with Gasteiger partial charge in [-0.2, -0.15) is 0 Å². The molecule has 374 valence electrons. The molecule has 0 radical (unpaired) electrons. The van der Waals surface area contributed by atoms with Gasteiger partial charge in [0.05, 0.1) is 34.4 Å². The lowest BCUT2D eigenvalue weighted by Crippen LogP contribution is -2.37. The summed E-state index contributed by atoms with van der Waals surface area (Å²) in [4.78, 5) is 25.2. The Morgan fingerprint density at radius 1 is 0.476 bits per heavy atom. The second-order valence-corrected chi connectivity index (χ2v) is 21.0. The van der Waals surface area contributed by atoms with Crippen LogP contribution in [0, 0.1) is 0 Å². The molecule has 0 aromatic rings. The molecule has 63 heavy (non-hydrogen) atoms. The number of phosphoric ester groups is 1. The van der Waals surface area contributed by atoms with Crippen LogP contribution in [0.3, 0.4) is 0 Å². The largest absolute Gasteiger partial charge is 0.756 e. The number of nitrogens with zero attached hydrogens (tertiary/aromatic N) is 1. The van der Waals surface area contributed by atoms with Crippen LogP contribution in [0.4, 0.5) is 0 Å². The second kappa shape index (κ2) is 47.5. The molecule has 0 aromatic heterocycles. The van der Waals surface area contributed by atoms with Crippen LogP contribution in [0.15, 0.2) is 24.3 Å². The van der Waals surface area contributed by atoms with Gasteiger partial charge in [0.25, 0.3) is 7.82 Å². The standard InChI is InChI=1S/C54H106NO7P/c1-6-8-10-12-14-16-18-20-22-24-26-28-29-31-33-35-37-39-41-43-45-47-54(56)62-53(52-61-63(57,58)60-50-48-55(3,4)5)51-59-49-46-44-42-40-38-36-34-32-30-27-25-23-21-19-17-15-13-11-9-7-2/h21,23-24,26,53H,6-20,22,25,27-52H2,1-5H3/b23-21-,26-24-. The van der Waals surface area contributed by atoms with Gasteiger partial charge in [0.2, 0.25) is 0 Å². The summed E-state index contributed by atoms with van der Waals surface area (Å²) in [7, 11) is 1.37. The number of carbonyl (C=O) groups excluding carboxylic acids is 1. The molecule has 0 bridgehead atoms. The summed E-state index contributed by atoms with van der Waals surface area (Å²) in [5, 5.41) is 0. The minimum Gasteiger partial charge on any atom is -0.756 e. The first-order chi connectivity index (χ1) is 30.6. The van der Waals surface area contributed by atoms with E-state index in [-0.39, 0.29) is 25.8 Å². The van der Waals surface area contributed by atoms with Gasteiger partial charge in [-0.1, -0.05) is 212 Å². The number of unbranched alkanes of at least 4 members (excludes halogenated alkanes) is 33. The molecule has 2 unspecified atom stereocenters. The highest BCUT2D eigenvalue weighted by Gasteiger charge is 2.20. The first-order valence-electron chi connectivity index (χ1n) is 27.1. The van der Waals surface area contributed by atoms with Crippen molar-refractivity contribution in [1.82, 2.24) is 0 Å². The third-order valence-electron chi connectivity index (χ3n) is 12.0. The summed E-state index contributed by atoms with van der Waals surface area (Å²) in [5.41, 5.74) is 0. The maximum atomic E-state index is 12.8. The number of phosphoric acid groups is 1. The van der Waals surface area contributed by atoms with Gasteiger partial charge in [-0.25, -0.2) is 0 Å². The smallest absolute Gasteiger partial charge is 0.306 e. The Morgan fingerprint density at radius 2 is 0.825 bits per heavy atom. The third kappa shape index (κ3) is 51.8. The summed E-state index contributed by atoms with van der Waals surface area (Å²) < 4.78 is 34.8. The van der Waals surface area contributed by atoms with E-state index in [1.54, 1.807) is 0 Å². The van der Waals surface area contributed by atoms with Crippen LogP contribution in [-0.4, -0.2) is 70.7 Å². The number of ether oxygens (including phenoxy) is 2. The van der Waals surface area contributed by atoms with E-state index < -0.39 is 13.9 Å². The number of rotatable bonds is 51. The Labute approximate surface area is 392 Å². The molecule has 0 heterocycles. The van der Waals surface area contributed by atoms with Crippen molar-refractivity contribution >= 4 is 13.8 Å². The number of carbonyl (C=O) groups is 1. The number of hydrogen-bond donors (Lipinski definition) is 0. The molecule has 0 fully saturated rings. The van der Waals surface area contributed by atoms with E-state index in [1.807, 2.05) is 21.1 Å². The van der Waals surface area contributed by atoms with E-state index >= 15 is 0 Å². The Morgan fingerprint density at radius 3 is 1.21 bits per heavy atom. The maximum Gasteiger partial charge on any atom is 0.306 e. The minimum absolute atomic E-state index is 0.0273. The molecule has 0 aromatic carbocycles. The van der Waals surface area contributed by atoms with E-state index in [2.05, 4.69) is 38.2 Å². The van der Waals surface area contributed by atoms with Gasteiger partial charge in [-0.3, -0.25) is 9.36 Å². The van der Waals surface area contributed by atoms with Crippen LogP contribution in [0.25, 0.3) is 0 Å².